The van der Waals surface area contributed by atoms with Gasteiger partial charge in [-0.25, -0.2) is 8.78 Å². The molecule has 4 fully saturated rings. The normalized spacial score (nSPS) is 48.9. The number of fused-ring (bicyclic) bond motifs is 5. The van der Waals surface area contributed by atoms with E-state index in [2.05, 4.69) is 13.8 Å². The fourth-order valence-electron chi connectivity index (χ4n) is 8.44. The van der Waals surface area contributed by atoms with Crippen LogP contribution in [0.2, 0.25) is 0 Å². The summed E-state index contributed by atoms with van der Waals surface area (Å²) >= 11 is 0. The highest BCUT2D eigenvalue weighted by Crippen LogP contribution is 2.68. The topological polar surface area (TPSA) is 0 Å². The Morgan fingerprint density at radius 2 is 1.54 bits per heavy atom. The van der Waals surface area contributed by atoms with Crippen molar-refractivity contribution >= 4 is 0 Å². The number of halogens is 5. The lowest BCUT2D eigenvalue weighted by molar-refractivity contribution is -0.146. The SMILES string of the molecule is CC12CCC3C(CCC4CC(C(F)F)CCC43C)C1CCC2CCC(F)(F)F. The Bertz CT molecular complexity index is 572. The Morgan fingerprint density at radius 1 is 0.857 bits per heavy atom. The molecule has 5 heteroatoms. The maximum absolute atomic E-state index is 13.3. The van der Waals surface area contributed by atoms with Crippen molar-refractivity contribution in [3.8, 4) is 0 Å². The molecule has 0 spiro atoms. The van der Waals surface area contributed by atoms with E-state index in [1.807, 2.05) is 0 Å². The number of rotatable bonds is 3. The van der Waals surface area contributed by atoms with E-state index < -0.39 is 24.9 Å². The van der Waals surface area contributed by atoms with Crippen molar-refractivity contribution in [2.75, 3.05) is 0 Å². The van der Waals surface area contributed by atoms with Crippen LogP contribution in [0.1, 0.15) is 84.5 Å². The van der Waals surface area contributed by atoms with Crippen molar-refractivity contribution in [3.05, 3.63) is 0 Å². The highest BCUT2D eigenvalue weighted by Gasteiger charge is 2.60. The summed E-state index contributed by atoms with van der Waals surface area (Å²) in [5.74, 6) is 1.90. The lowest BCUT2D eigenvalue weighted by atomic mass is 9.44. The third kappa shape index (κ3) is 3.41. The molecule has 8 atom stereocenters. The van der Waals surface area contributed by atoms with Gasteiger partial charge in [0.2, 0.25) is 6.43 Å². The Morgan fingerprint density at radius 3 is 2.21 bits per heavy atom. The molecule has 0 radical (unpaired) electrons. The minimum Gasteiger partial charge on any atom is -0.210 e. The molecule has 0 amide bonds. The Labute approximate surface area is 166 Å². The van der Waals surface area contributed by atoms with Crippen LogP contribution in [0.4, 0.5) is 22.0 Å². The predicted molar refractivity (Wildman–Crippen MR) is 100 cm³/mol. The predicted octanol–water partition coefficient (Wildman–Crippen LogP) is 7.87. The molecule has 4 rings (SSSR count). The van der Waals surface area contributed by atoms with Crippen molar-refractivity contribution in [3.63, 3.8) is 0 Å². The summed E-state index contributed by atoms with van der Waals surface area (Å²) in [6.07, 6.45) is 1.89. The van der Waals surface area contributed by atoms with E-state index in [1.165, 1.54) is 0 Å². The van der Waals surface area contributed by atoms with Gasteiger partial charge in [-0.1, -0.05) is 13.8 Å². The van der Waals surface area contributed by atoms with Crippen molar-refractivity contribution in [2.45, 2.75) is 97.1 Å². The molecule has 0 N–H and O–H groups in total. The van der Waals surface area contributed by atoms with Crippen LogP contribution in [0.3, 0.4) is 0 Å². The third-order valence-electron chi connectivity index (χ3n) is 10.0. The molecule has 0 aromatic carbocycles. The molecule has 0 saturated heterocycles. The van der Waals surface area contributed by atoms with Crippen LogP contribution < -0.4 is 0 Å². The van der Waals surface area contributed by atoms with Crippen molar-refractivity contribution in [1.29, 1.82) is 0 Å². The Balaban J connectivity index is 1.49. The van der Waals surface area contributed by atoms with Crippen LogP contribution in [0.15, 0.2) is 0 Å². The molecule has 0 bridgehead atoms. The molecule has 0 aromatic heterocycles. The molecule has 0 aromatic rings. The highest BCUT2D eigenvalue weighted by atomic mass is 19.4. The first kappa shape index (κ1) is 20.9. The Hall–Kier alpha value is -0.350. The molecule has 162 valence electrons. The van der Waals surface area contributed by atoms with Gasteiger partial charge >= 0.3 is 6.18 Å². The third-order valence-corrected chi connectivity index (χ3v) is 10.0. The van der Waals surface area contributed by atoms with E-state index in [4.69, 9.17) is 0 Å². The van der Waals surface area contributed by atoms with Crippen LogP contribution in [0.5, 0.6) is 0 Å². The van der Waals surface area contributed by atoms with Crippen molar-refractivity contribution in [2.24, 2.45) is 46.3 Å². The second-order valence-electron chi connectivity index (χ2n) is 11.0. The summed E-state index contributed by atoms with van der Waals surface area (Å²) in [5.41, 5.74) is 0.218. The average Bonchev–Trinajstić information content (AvgIpc) is 2.95. The number of hydrogen-bond acceptors (Lipinski definition) is 0. The monoisotopic (exact) mass is 406 g/mol. The van der Waals surface area contributed by atoms with E-state index in [0.717, 1.165) is 44.9 Å². The first-order valence-electron chi connectivity index (χ1n) is 11.4. The number of hydrogen-bond donors (Lipinski definition) is 0. The van der Waals surface area contributed by atoms with Gasteiger partial charge in [-0.15, -0.1) is 0 Å². The van der Waals surface area contributed by atoms with Gasteiger partial charge in [0.05, 0.1) is 0 Å². The molecular weight excluding hydrogens is 371 g/mol. The van der Waals surface area contributed by atoms with Crippen LogP contribution in [0.25, 0.3) is 0 Å². The first-order chi connectivity index (χ1) is 13.0. The lowest BCUT2D eigenvalue weighted by Gasteiger charge is -2.61. The van der Waals surface area contributed by atoms with Crippen molar-refractivity contribution < 1.29 is 22.0 Å². The second kappa shape index (κ2) is 7.11. The van der Waals surface area contributed by atoms with Gasteiger partial charge in [0.1, 0.15) is 0 Å². The lowest BCUT2D eigenvalue weighted by Crippen LogP contribution is -2.53. The van der Waals surface area contributed by atoms with E-state index in [1.54, 1.807) is 0 Å². The zero-order valence-electron chi connectivity index (χ0n) is 17.2. The molecule has 4 aliphatic carbocycles. The highest BCUT2D eigenvalue weighted by molar-refractivity contribution is 5.09. The van der Waals surface area contributed by atoms with Gasteiger partial charge in [-0.3, -0.25) is 0 Å². The molecule has 8 unspecified atom stereocenters. The molecule has 0 nitrogen and oxygen atoms in total. The largest absolute Gasteiger partial charge is 0.389 e. The maximum Gasteiger partial charge on any atom is 0.389 e. The summed E-state index contributed by atoms with van der Waals surface area (Å²) < 4.78 is 65.0. The molecule has 0 aliphatic heterocycles. The van der Waals surface area contributed by atoms with Crippen molar-refractivity contribution in [1.82, 2.24) is 0 Å². The smallest absolute Gasteiger partial charge is 0.210 e. The van der Waals surface area contributed by atoms with E-state index in [0.29, 0.717) is 36.5 Å². The average molecular weight is 407 g/mol. The second-order valence-corrected chi connectivity index (χ2v) is 11.0. The summed E-state index contributed by atoms with van der Waals surface area (Å²) in [7, 11) is 0. The summed E-state index contributed by atoms with van der Waals surface area (Å²) in [5, 5.41) is 0. The molecular formula is C23H35F5. The summed E-state index contributed by atoms with van der Waals surface area (Å²) in [6.45, 7) is 4.62. The van der Waals surface area contributed by atoms with Gasteiger partial charge in [0.15, 0.2) is 0 Å². The van der Waals surface area contributed by atoms with Gasteiger partial charge in [0.25, 0.3) is 0 Å². The minimum absolute atomic E-state index is 0.0514. The minimum atomic E-state index is -4.06. The van der Waals surface area contributed by atoms with Gasteiger partial charge < -0.3 is 0 Å². The maximum atomic E-state index is 13.3. The van der Waals surface area contributed by atoms with Gasteiger partial charge in [-0.05, 0) is 105 Å². The van der Waals surface area contributed by atoms with Gasteiger partial charge in [-0.2, -0.15) is 13.2 Å². The molecule has 4 saturated carbocycles. The molecule has 0 heterocycles. The first-order valence-corrected chi connectivity index (χ1v) is 11.4. The molecule has 4 aliphatic rings. The zero-order valence-corrected chi connectivity index (χ0v) is 17.2. The van der Waals surface area contributed by atoms with Crippen LogP contribution >= 0.6 is 0 Å². The van der Waals surface area contributed by atoms with Crippen LogP contribution in [0, 0.1) is 46.3 Å². The van der Waals surface area contributed by atoms with Crippen LogP contribution in [-0.2, 0) is 0 Å². The standard InChI is InChI=1S/C23H35F5/c1-21-11-9-19-17(18(21)6-4-15(21)8-12-23(26,27)28)5-3-16-13-14(20(24)25)7-10-22(16,19)2/h14-20H,3-13H2,1-2H3. The van der Waals surface area contributed by atoms with E-state index >= 15 is 0 Å². The van der Waals surface area contributed by atoms with Crippen LogP contribution in [-0.4, -0.2) is 12.6 Å². The fourth-order valence-corrected chi connectivity index (χ4v) is 8.44. The quantitative estimate of drug-likeness (QED) is 0.418. The summed E-state index contributed by atoms with van der Waals surface area (Å²) in [4.78, 5) is 0. The summed E-state index contributed by atoms with van der Waals surface area (Å²) in [6, 6.07) is 0. The zero-order chi connectivity index (χ0) is 20.3. The Kier molecular flexibility index (Phi) is 5.31. The fraction of sp³-hybridized carbons (Fsp3) is 1.00. The molecule has 28 heavy (non-hydrogen) atoms. The van der Waals surface area contributed by atoms with Gasteiger partial charge in [0, 0.05) is 12.3 Å². The van der Waals surface area contributed by atoms with E-state index in [-0.39, 0.29) is 23.2 Å². The number of alkyl halides is 5. The van der Waals surface area contributed by atoms with E-state index in [9.17, 15) is 22.0 Å².